The van der Waals surface area contributed by atoms with Gasteiger partial charge < -0.3 is 0 Å². The molecule has 2 aromatic rings. The lowest BCUT2D eigenvalue weighted by atomic mass is 9.91. The smallest absolute Gasteiger partial charge is 0.211 e. The van der Waals surface area contributed by atoms with Crippen molar-refractivity contribution >= 4 is 21.4 Å². The summed E-state index contributed by atoms with van der Waals surface area (Å²) in [6.45, 7) is 3.30. The average Bonchev–Trinajstić information content (AvgIpc) is 2.94. The molecule has 0 aliphatic carbocycles. The first-order valence-electron chi connectivity index (χ1n) is 7.74. The highest BCUT2D eigenvalue weighted by Crippen LogP contribution is 2.25. The van der Waals surface area contributed by atoms with Gasteiger partial charge in [-0.1, -0.05) is 6.07 Å². The zero-order valence-corrected chi connectivity index (χ0v) is 15.0. The molecule has 1 aliphatic heterocycles. The number of hydrogen-bond acceptors (Lipinski definition) is 5. The molecule has 23 heavy (non-hydrogen) atoms. The van der Waals surface area contributed by atoms with Gasteiger partial charge in [0.15, 0.2) is 0 Å². The summed E-state index contributed by atoms with van der Waals surface area (Å²) in [5, 5.41) is 0.954. The van der Waals surface area contributed by atoms with Gasteiger partial charge in [0.25, 0.3) is 0 Å². The molecule has 3 heterocycles. The lowest BCUT2D eigenvalue weighted by Gasteiger charge is -2.30. The van der Waals surface area contributed by atoms with Gasteiger partial charge in [0.05, 0.1) is 11.9 Å². The van der Waals surface area contributed by atoms with Gasteiger partial charge in [-0.05, 0) is 43.7 Å². The Kier molecular flexibility index (Phi) is 4.79. The molecule has 124 valence electrons. The van der Waals surface area contributed by atoms with Gasteiger partial charge >= 0.3 is 0 Å². The van der Waals surface area contributed by atoms with Crippen LogP contribution in [0.2, 0.25) is 0 Å². The van der Waals surface area contributed by atoms with Crippen molar-refractivity contribution in [3.63, 3.8) is 0 Å². The Bertz CT molecular complexity index is 761. The Morgan fingerprint density at radius 3 is 2.48 bits per heavy atom. The van der Waals surface area contributed by atoms with Gasteiger partial charge in [-0.25, -0.2) is 17.7 Å². The van der Waals surface area contributed by atoms with E-state index in [1.54, 1.807) is 15.6 Å². The number of rotatable bonds is 4. The van der Waals surface area contributed by atoms with Gasteiger partial charge in [-0.3, -0.25) is 4.98 Å². The first-order valence-corrected chi connectivity index (χ1v) is 10.4. The molecular weight excluding hydrogens is 330 g/mol. The van der Waals surface area contributed by atoms with Crippen LogP contribution in [0, 0.1) is 12.8 Å². The third-order valence-electron chi connectivity index (χ3n) is 4.23. The van der Waals surface area contributed by atoms with Gasteiger partial charge in [-0.15, -0.1) is 11.3 Å². The van der Waals surface area contributed by atoms with Gasteiger partial charge in [0.1, 0.15) is 5.01 Å². The highest BCUT2D eigenvalue weighted by atomic mass is 32.2. The SMILES string of the molecule is Cc1cnc(-c2ccc(CC3CCN(S(C)(=O)=O)CC3)cn2)s1. The van der Waals surface area contributed by atoms with Crippen LogP contribution < -0.4 is 0 Å². The van der Waals surface area contributed by atoms with Crippen LogP contribution >= 0.6 is 11.3 Å². The largest absolute Gasteiger partial charge is 0.253 e. The molecule has 0 radical (unpaired) electrons. The highest BCUT2D eigenvalue weighted by molar-refractivity contribution is 7.88. The fraction of sp³-hybridized carbons (Fsp3) is 0.500. The Balaban J connectivity index is 1.59. The molecule has 0 unspecified atom stereocenters. The molecule has 0 saturated carbocycles. The van der Waals surface area contributed by atoms with Gasteiger partial charge in [0, 0.05) is 30.4 Å². The highest BCUT2D eigenvalue weighted by Gasteiger charge is 2.24. The van der Waals surface area contributed by atoms with Crippen LogP contribution in [0.4, 0.5) is 0 Å². The summed E-state index contributed by atoms with van der Waals surface area (Å²) in [5.74, 6) is 0.530. The Morgan fingerprint density at radius 1 is 1.22 bits per heavy atom. The zero-order valence-electron chi connectivity index (χ0n) is 13.4. The molecule has 0 N–H and O–H groups in total. The van der Waals surface area contributed by atoms with E-state index in [1.807, 2.05) is 25.4 Å². The normalized spacial score (nSPS) is 17.5. The van der Waals surface area contributed by atoms with Crippen LogP contribution in [-0.4, -0.2) is 42.0 Å². The predicted octanol–water partition coefficient (Wildman–Crippen LogP) is 2.73. The summed E-state index contributed by atoms with van der Waals surface area (Å²) in [6, 6.07) is 4.14. The van der Waals surface area contributed by atoms with Crippen LogP contribution in [0.25, 0.3) is 10.7 Å². The number of aromatic nitrogens is 2. The number of pyridine rings is 1. The summed E-state index contributed by atoms with van der Waals surface area (Å²) in [4.78, 5) is 10.1. The van der Waals surface area contributed by atoms with Crippen molar-refractivity contribution < 1.29 is 8.42 Å². The molecule has 0 aromatic carbocycles. The maximum atomic E-state index is 11.5. The van der Waals surface area contributed by atoms with Gasteiger partial charge in [-0.2, -0.15) is 0 Å². The second-order valence-electron chi connectivity index (χ2n) is 6.14. The topological polar surface area (TPSA) is 63.2 Å². The third kappa shape index (κ3) is 4.16. The maximum absolute atomic E-state index is 11.5. The number of thiazole rings is 1. The van der Waals surface area contributed by atoms with Crippen LogP contribution in [0.15, 0.2) is 24.5 Å². The van der Waals surface area contributed by atoms with E-state index in [-0.39, 0.29) is 0 Å². The number of nitrogens with zero attached hydrogens (tertiary/aromatic N) is 3. The maximum Gasteiger partial charge on any atom is 0.211 e. The Labute approximate surface area is 141 Å². The standard InChI is InChI=1S/C16H21N3O2S2/c1-12-10-18-16(22-12)15-4-3-14(11-17-15)9-13-5-7-19(8-6-13)23(2,20)21/h3-4,10-11,13H,5-9H2,1-2H3. The second-order valence-corrected chi connectivity index (χ2v) is 9.35. The molecule has 0 amide bonds. The van der Waals surface area contributed by atoms with Crippen molar-refractivity contribution in [2.45, 2.75) is 26.2 Å². The van der Waals surface area contributed by atoms with Crippen LogP contribution in [-0.2, 0) is 16.4 Å². The second kappa shape index (κ2) is 6.67. The van der Waals surface area contributed by atoms with Crippen molar-refractivity contribution in [3.05, 3.63) is 35.0 Å². The van der Waals surface area contributed by atoms with E-state index in [4.69, 9.17) is 0 Å². The summed E-state index contributed by atoms with van der Waals surface area (Å²) in [5.41, 5.74) is 2.12. The molecule has 1 fully saturated rings. The molecule has 1 aliphatic rings. The van der Waals surface area contributed by atoms with E-state index < -0.39 is 10.0 Å². The fourth-order valence-electron chi connectivity index (χ4n) is 2.92. The van der Waals surface area contributed by atoms with E-state index in [0.29, 0.717) is 19.0 Å². The summed E-state index contributed by atoms with van der Waals surface area (Å²) < 4.78 is 24.7. The van der Waals surface area contributed by atoms with E-state index in [0.717, 1.165) is 30.0 Å². The van der Waals surface area contributed by atoms with E-state index >= 15 is 0 Å². The van der Waals surface area contributed by atoms with Crippen LogP contribution in [0.1, 0.15) is 23.3 Å². The zero-order chi connectivity index (χ0) is 16.4. The van der Waals surface area contributed by atoms with E-state index in [1.165, 1.54) is 16.7 Å². The Morgan fingerprint density at radius 2 is 1.96 bits per heavy atom. The summed E-state index contributed by atoms with van der Waals surface area (Å²) >= 11 is 1.65. The molecule has 1 saturated heterocycles. The fourth-order valence-corrected chi connectivity index (χ4v) is 4.54. The number of hydrogen-bond donors (Lipinski definition) is 0. The monoisotopic (exact) mass is 351 g/mol. The van der Waals surface area contributed by atoms with E-state index in [2.05, 4.69) is 16.0 Å². The summed E-state index contributed by atoms with van der Waals surface area (Å²) in [6.07, 6.45) is 7.87. The van der Waals surface area contributed by atoms with Crippen molar-refractivity contribution in [2.24, 2.45) is 5.92 Å². The first-order chi connectivity index (χ1) is 10.9. The van der Waals surface area contributed by atoms with Crippen molar-refractivity contribution in [1.29, 1.82) is 0 Å². The number of piperidine rings is 1. The molecule has 0 atom stereocenters. The molecule has 0 bridgehead atoms. The third-order valence-corrected chi connectivity index (χ3v) is 6.47. The molecule has 7 heteroatoms. The molecule has 2 aromatic heterocycles. The van der Waals surface area contributed by atoms with Crippen molar-refractivity contribution in [3.8, 4) is 10.7 Å². The van der Waals surface area contributed by atoms with Crippen molar-refractivity contribution in [2.75, 3.05) is 19.3 Å². The first kappa shape index (κ1) is 16.5. The van der Waals surface area contributed by atoms with Gasteiger partial charge in [0.2, 0.25) is 10.0 Å². The minimum atomic E-state index is -3.04. The lowest BCUT2D eigenvalue weighted by molar-refractivity contribution is 0.274. The number of sulfonamides is 1. The lowest BCUT2D eigenvalue weighted by Crippen LogP contribution is -2.38. The quantitative estimate of drug-likeness (QED) is 0.850. The number of aryl methyl sites for hydroxylation is 1. The van der Waals surface area contributed by atoms with Crippen LogP contribution in [0.3, 0.4) is 0 Å². The predicted molar refractivity (Wildman–Crippen MR) is 92.9 cm³/mol. The average molecular weight is 351 g/mol. The Hall–Kier alpha value is -1.31. The van der Waals surface area contributed by atoms with Crippen LogP contribution in [0.5, 0.6) is 0 Å². The minimum Gasteiger partial charge on any atom is -0.253 e. The minimum absolute atomic E-state index is 0.530. The molecule has 3 rings (SSSR count). The molecule has 0 spiro atoms. The summed E-state index contributed by atoms with van der Waals surface area (Å²) in [7, 11) is -3.04. The van der Waals surface area contributed by atoms with E-state index in [9.17, 15) is 8.42 Å². The van der Waals surface area contributed by atoms with Crippen molar-refractivity contribution in [1.82, 2.24) is 14.3 Å². The molecule has 5 nitrogen and oxygen atoms in total. The molecular formula is C16H21N3O2S2.